The number of carbonyl (C=O) groups is 3. The van der Waals surface area contributed by atoms with E-state index in [1.807, 2.05) is 28.8 Å². The van der Waals surface area contributed by atoms with Crippen LogP contribution in [0.4, 0.5) is 4.79 Å². The summed E-state index contributed by atoms with van der Waals surface area (Å²) in [6, 6.07) is 5.96. The Morgan fingerprint density at radius 3 is 3.00 bits per heavy atom. The average molecular weight is 406 g/mol. The number of aromatic nitrogens is 2. The van der Waals surface area contributed by atoms with Crippen LogP contribution in [0.15, 0.2) is 46.6 Å². The maximum atomic E-state index is 12.3. The van der Waals surface area contributed by atoms with E-state index in [0.717, 1.165) is 40.7 Å². The van der Waals surface area contributed by atoms with Crippen LogP contribution in [-0.2, 0) is 14.3 Å². The molecule has 0 radical (unpaired) electrons. The van der Waals surface area contributed by atoms with E-state index in [9.17, 15) is 14.4 Å². The fraction of sp³-hybridized carbons (Fsp3) is 0.333. The zero-order valence-electron chi connectivity index (χ0n) is 14.8. The summed E-state index contributed by atoms with van der Waals surface area (Å²) in [6.07, 6.45) is 6.35. The van der Waals surface area contributed by atoms with Crippen molar-refractivity contribution in [1.29, 1.82) is 0 Å². The molecule has 2 aromatic heterocycles. The first-order valence-corrected chi connectivity index (χ1v) is 10.4. The fourth-order valence-electron chi connectivity index (χ4n) is 2.57. The largest absolute Gasteiger partial charge is 0.463 e. The lowest BCUT2D eigenvalue weighted by Gasteiger charge is -2.12. The molecule has 1 saturated heterocycles. The Bertz CT molecular complexity index is 894. The zero-order chi connectivity index (χ0) is 19.2. The molecular formula is C18H19N3O4S2. The normalized spacial score (nSPS) is 15.9. The smallest absolute Gasteiger partial charge is 0.332 e. The number of ether oxygens (including phenoxy) is 1. The van der Waals surface area contributed by atoms with Crippen LogP contribution >= 0.6 is 23.5 Å². The van der Waals surface area contributed by atoms with Gasteiger partial charge in [0.15, 0.2) is 0 Å². The second-order valence-electron chi connectivity index (χ2n) is 5.66. The highest BCUT2D eigenvalue weighted by molar-refractivity contribution is 8.18. The number of unbranched alkanes of at least 4 members (excludes halogenated alkanes) is 1. The number of amides is 2. The van der Waals surface area contributed by atoms with Gasteiger partial charge in [-0.15, -0.1) is 11.8 Å². The third kappa shape index (κ3) is 4.72. The molecule has 27 heavy (non-hydrogen) atoms. The molecule has 0 aliphatic carbocycles. The van der Waals surface area contributed by atoms with E-state index in [1.165, 1.54) is 4.90 Å². The number of esters is 1. The molecule has 7 nitrogen and oxygen atoms in total. The number of imidazole rings is 1. The van der Waals surface area contributed by atoms with E-state index >= 15 is 0 Å². The summed E-state index contributed by atoms with van der Waals surface area (Å²) in [4.78, 5) is 41.3. The number of carbonyl (C=O) groups excluding carboxylic acids is 3. The Balaban J connectivity index is 1.46. The van der Waals surface area contributed by atoms with E-state index in [4.69, 9.17) is 4.74 Å². The minimum Gasteiger partial charge on any atom is -0.463 e. The molecule has 3 heterocycles. The van der Waals surface area contributed by atoms with Gasteiger partial charge in [0.1, 0.15) is 5.65 Å². The predicted molar refractivity (Wildman–Crippen MR) is 105 cm³/mol. The van der Waals surface area contributed by atoms with Gasteiger partial charge in [-0.3, -0.25) is 18.9 Å². The molecule has 1 aliphatic heterocycles. The molecule has 0 atom stereocenters. The molecule has 0 unspecified atom stereocenters. The van der Waals surface area contributed by atoms with Gasteiger partial charge in [-0.05, 0) is 49.4 Å². The molecule has 9 heteroatoms. The van der Waals surface area contributed by atoms with Gasteiger partial charge in [-0.1, -0.05) is 6.07 Å². The number of imide groups is 1. The lowest BCUT2D eigenvalue weighted by atomic mass is 10.3. The molecule has 2 aromatic rings. The molecule has 0 N–H and O–H groups in total. The van der Waals surface area contributed by atoms with Gasteiger partial charge in [-0.25, -0.2) is 9.78 Å². The van der Waals surface area contributed by atoms with E-state index in [-0.39, 0.29) is 16.8 Å². The Morgan fingerprint density at radius 2 is 2.19 bits per heavy atom. The molecule has 1 aliphatic rings. The van der Waals surface area contributed by atoms with Gasteiger partial charge < -0.3 is 4.74 Å². The van der Waals surface area contributed by atoms with Crippen molar-refractivity contribution in [2.75, 3.05) is 18.9 Å². The molecule has 3 rings (SSSR count). The standard InChI is InChI=1S/C18H19N3O4S2/c1-2-25-16(22)12-13-17(23)21(18(24)27-13)9-3-4-11-26-15-7-5-6-14-19-8-10-20(14)15/h5-8,10,12H,2-4,9,11H2,1H3. The molecule has 0 spiro atoms. The van der Waals surface area contributed by atoms with Gasteiger partial charge in [0.2, 0.25) is 0 Å². The lowest BCUT2D eigenvalue weighted by molar-refractivity contribution is -0.137. The first-order valence-electron chi connectivity index (χ1n) is 8.57. The number of hydrogen-bond acceptors (Lipinski definition) is 7. The molecule has 0 saturated carbocycles. The van der Waals surface area contributed by atoms with Crippen LogP contribution in [0.3, 0.4) is 0 Å². The number of hydrogen-bond donors (Lipinski definition) is 0. The Kier molecular flexibility index (Phi) is 6.57. The van der Waals surface area contributed by atoms with Crippen molar-refractivity contribution in [3.8, 4) is 0 Å². The summed E-state index contributed by atoms with van der Waals surface area (Å²) in [5.74, 6) is -0.159. The van der Waals surface area contributed by atoms with Crippen LogP contribution in [0.1, 0.15) is 19.8 Å². The van der Waals surface area contributed by atoms with Crippen molar-refractivity contribution >= 4 is 46.3 Å². The van der Waals surface area contributed by atoms with Crippen molar-refractivity contribution in [1.82, 2.24) is 14.3 Å². The molecule has 1 fully saturated rings. The minimum atomic E-state index is -0.604. The van der Waals surface area contributed by atoms with Crippen LogP contribution in [0.2, 0.25) is 0 Å². The minimum absolute atomic E-state index is 0.125. The van der Waals surface area contributed by atoms with Crippen LogP contribution < -0.4 is 0 Å². The summed E-state index contributed by atoms with van der Waals surface area (Å²) in [5.41, 5.74) is 0.909. The van der Waals surface area contributed by atoms with Crippen molar-refractivity contribution in [2.24, 2.45) is 0 Å². The number of rotatable bonds is 8. The van der Waals surface area contributed by atoms with Crippen LogP contribution in [0.5, 0.6) is 0 Å². The third-order valence-corrected chi connectivity index (χ3v) is 5.85. The molecule has 0 bridgehead atoms. The van der Waals surface area contributed by atoms with Crippen LogP contribution in [0.25, 0.3) is 5.65 Å². The molecule has 142 valence electrons. The topological polar surface area (TPSA) is 81.0 Å². The lowest BCUT2D eigenvalue weighted by Crippen LogP contribution is -2.29. The van der Waals surface area contributed by atoms with E-state index in [1.54, 1.807) is 24.9 Å². The average Bonchev–Trinajstić information content (AvgIpc) is 3.22. The molecule has 2 amide bonds. The van der Waals surface area contributed by atoms with Crippen molar-refractivity contribution in [2.45, 2.75) is 24.8 Å². The summed E-state index contributed by atoms with van der Waals surface area (Å²) in [6.45, 7) is 2.26. The highest BCUT2D eigenvalue weighted by Crippen LogP contribution is 2.31. The Labute approximate surface area is 165 Å². The maximum absolute atomic E-state index is 12.3. The highest BCUT2D eigenvalue weighted by atomic mass is 32.2. The maximum Gasteiger partial charge on any atom is 0.332 e. The van der Waals surface area contributed by atoms with Gasteiger partial charge in [0.25, 0.3) is 11.1 Å². The van der Waals surface area contributed by atoms with E-state index in [0.29, 0.717) is 13.0 Å². The van der Waals surface area contributed by atoms with Gasteiger partial charge in [0.05, 0.1) is 16.5 Å². The first kappa shape index (κ1) is 19.5. The summed E-state index contributed by atoms with van der Waals surface area (Å²) >= 11 is 2.49. The quantitative estimate of drug-likeness (QED) is 0.288. The predicted octanol–water partition coefficient (Wildman–Crippen LogP) is 3.35. The van der Waals surface area contributed by atoms with Gasteiger partial charge in [-0.2, -0.15) is 0 Å². The zero-order valence-corrected chi connectivity index (χ0v) is 16.4. The number of fused-ring (bicyclic) bond motifs is 1. The van der Waals surface area contributed by atoms with Crippen molar-refractivity contribution < 1.29 is 19.1 Å². The Morgan fingerprint density at radius 1 is 1.33 bits per heavy atom. The number of nitrogens with zero attached hydrogens (tertiary/aromatic N) is 3. The first-order chi connectivity index (χ1) is 13.1. The highest BCUT2D eigenvalue weighted by Gasteiger charge is 2.35. The Hall–Kier alpha value is -2.26. The summed E-state index contributed by atoms with van der Waals surface area (Å²) in [7, 11) is 0. The fourth-order valence-corrected chi connectivity index (χ4v) is 4.42. The van der Waals surface area contributed by atoms with Crippen molar-refractivity contribution in [3.05, 3.63) is 41.6 Å². The molecular weight excluding hydrogens is 386 g/mol. The van der Waals surface area contributed by atoms with E-state index < -0.39 is 11.9 Å². The second-order valence-corrected chi connectivity index (χ2v) is 7.77. The SMILES string of the molecule is CCOC(=O)C=C1SC(=O)N(CCCCSc2cccc3nccn23)C1=O. The second kappa shape index (κ2) is 9.09. The summed E-state index contributed by atoms with van der Waals surface area (Å²) < 4.78 is 6.81. The monoisotopic (exact) mass is 405 g/mol. The number of thioether (sulfide) groups is 2. The van der Waals surface area contributed by atoms with E-state index in [2.05, 4.69) is 4.98 Å². The number of pyridine rings is 1. The molecule has 0 aromatic carbocycles. The van der Waals surface area contributed by atoms with Gasteiger partial charge in [0, 0.05) is 25.0 Å². The van der Waals surface area contributed by atoms with Crippen LogP contribution in [-0.4, -0.2) is 50.3 Å². The van der Waals surface area contributed by atoms with Crippen LogP contribution in [0, 0.1) is 0 Å². The van der Waals surface area contributed by atoms with Gasteiger partial charge >= 0.3 is 5.97 Å². The van der Waals surface area contributed by atoms with Crippen molar-refractivity contribution in [3.63, 3.8) is 0 Å². The third-order valence-electron chi connectivity index (χ3n) is 3.83. The summed E-state index contributed by atoms with van der Waals surface area (Å²) in [5, 5.41) is 0.764.